The van der Waals surface area contributed by atoms with Crippen LogP contribution < -0.4 is 11.1 Å². The van der Waals surface area contributed by atoms with Crippen LogP contribution in [0.3, 0.4) is 0 Å². The van der Waals surface area contributed by atoms with E-state index >= 15 is 0 Å². The Morgan fingerprint density at radius 2 is 2.19 bits per heavy atom. The number of carbonyl (C=O) groups is 1. The van der Waals surface area contributed by atoms with Crippen molar-refractivity contribution >= 4 is 17.3 Å². The molecule has 0 aliphatic carbocycles. The van der Waals surface area contributed by atoms with Crippen molar-refractivity contribution in [2.45, 2.75) is 45.7 Å². The number of nitrogens with two attached hydrogens (primary N) is 1. The van der Waals surface area contributed by atoms with Gasteiger partial charge in [0.2, 0.25) is 5.91 Å². The lowest BCUT2D eigenvalue weighted by Crippen LogP contribution is -2.51. The van der Waals surface area contributed by atoms with Gasteiger partial charge in [0.15, 0.2) is 0 Å². The summed E-state index contributed by atoms with van der Waals surface area (Å²) in [5.74, 6) is -0.0941. The molecule has 0 bridgehead atoms. The van der Waals surface area contributed by atoms with Crippen LogP contribution in [0, 0.1) is 11.7 Å². The molecule has 1 fully saturated rings. The van der Waals surface area contributed by atoms with Crippen LogP contribution in [0.1, 0.15) is 33.6 Å². The number of piperidine rings is 1. The van der Waals surface area contributed by atoms with Crippen molar-refractivity contribution in [1.29, 1.82) is 0 Å². The number of nitrogens with one attached hydrogen (secondary N) is 1. The molecule has 1 heterocycles. The first-order chi connectivity index (χ1) is 9.90. The van der Waals surface area contributed by atoms with Crippen molar-refractivity contribution in [1.82, 2.24) is 4.90 Å². The minimum atomic E-state index is -0.468. The number of anilines is 2. The van der Waals surface area contributed by atoms with Gasteiger partial charge in [-0.25, -0.2) is 4.39 Å². The lowest BCUT2D eigenvalue weighted by Gasteiger charge is -2.41. The average molecular weight is 293 g/mol. The Morgan fingerprint density at radius 1 is 1.48 bits per heavy atom. The first-order valence-corrected chi connectivity index (χ1v) is 7.51. The molecule has 116 valence electrons. The van der Waals surface area contributed by atoms with Crippen molar-refractivity contribution in [3.63, 3.8) is 0 Å². The van der Waals surface area contributed by atoms with E-state index in [1.165, 1.54) is 24.6 Å². The highest BCUT2D eigenvalue weighted by molar-refractivity contribution is 5.95. The molecule has 3 atom stereocenters. The highest BCUT2D eigenvalue weighted by atomic mass is 19.1. The van der Waals surface area contributed by atoms with Crippen LogP contribution in [0.5, 0.6) is 0 Å². The Kier molecular flexibility index (Phi) is 4.83. The summed E-state index contributed by atoms with van der Waals surface area (Å²) >= 11 is 0. The number of halogens is 1. The van der Waals surface area contributed by atoms with Crippen LogP contribution in [0.25, 0.3) is 0 Å². The van der Waals surface area contributed by atoms with Gasteiger partial charge < -0.3 is 11.1 Å². The van der Waals surface area contributed by atoms with Crippen LogP contribution in [0.4, 0.5) is 15.8 Å². The standard InChI is InChI=1S/C16H24FN3O/c1-10-5-4-8-20(11(10)2)12(3)16(21)19-15-9-13(18)6-7-14(15)17/h6-7,9-12H,4-5,8,18H2,1-3H3,(H,19,21). The van der Waals surface area contributed by atoms with E-state index in [1.54, 1.807) is 0 Å². The number of benzene rings is 1. The van der Waals surface area contributed by atoms with Crippen LogP contribution in [-0.4, -0.2) is 29.4 Å². The van der Waals surface area contributed by atoms with Gasteiger partial charge in [-0.3, -0.25) is 9.69 Å². The molecule has 3 unspecified atom stereocenters. The van der Waals surface area contributed by atoms with E-state index in [-0.39, 0.29) is 17.6 Å². The number of nitrogens with zero attached hydrogens (tertiary/aromatic N) is 1. The lowest BCUT2D eigenvalue weighted by molar-refractivity contribution is -0.122. The Balaban J connectivity index is 2.07. The number of carbonyl (C=O) groups excluding carboxylic acids is 1. The Morgan fingerprint density at radius 3 is 2.90 bits per heavy atom. The molecular weight excluding hydrogens is 269 g/mol. The number of hydrogen-bond acceptors (Lipinski definition) is 3. The summed E-state index contributed by atoms with van der Waals surface area (Å²) in [7, 11) is 0. The third-order valence-electron chi connectivity index (χ3n) is 4.55. The van der Waals surface area contributed by atoms with Crippen molar-refractivity contribution in [2.24, 2.45) is 5.92 Å². The smallest absolute Gasteiger partial charge is 0.241 e. The second-order valence-electron chi connectivity index (χ2n) is 6.00. The summed E-state index contributed by atoms with van der Waals surface area (Å²) in [6.45, 7) is 7.13. The maximum atomic E-state index is 13.7. The minimum absolute atomic E-state index is 0.143. The van der Waals surface area contributed by atoms with Gasteiger partial charge in [0.25, 0.3) is 0 Å². The molecule has 3 N–H and O–H groups in total. The zero-order chi connectivity index (χ0) is 15.6. The van der Waals surface area contributed by atoms with Crippen LogP contribution >= 0.6 is 0 Å². The molecule has 1 aromatic carbocycles. The van der Waals surface area contributed by atoms with Crippen LogP contribution in [0.2, 0.25) is 0 Å². The van der Waals surface area contributed by atoms with Crippen LogP contribution in [-0.2, 0) is 4.79 Å². The fraction of sp³-hybridized carbons (Fsp3) is 0.562. The van der Waals surface area contributed by atoms with Crippen molar-refractivity contribution < 1.29 is 9.18 Å². The van der Waals surface area contributed by atoms with Gasteiger partial charge in [-0.05, 0) is 57.4 Å². The molecule has 0 aromatic heterocycles. The van der Waals surface area contributed by atoms with Gasteiger partial charge in [-0.1, -0.05) is 6.92 Å². The van der Waals surface area contributed by atoms with Gasteiger partial charge >= 0.3 is 0 Å². The summed E-state index contributed by atoms with van der Waals surface area (Å²) in [4.78, 5) is 14.6. The van der Waals surface area contributed by atoms with Crippen molar-refractivity contribution in [3.05, 3.63) is 24.0 Å². The topological polar surface area (TPSA) is 58.4 Å². The first kappa shape index (κ1) is 15.8. The molecule has 5 heteroatoms. The van der Waals surface area contributed by atoms with Gasteiger partial charge in [0, 0.05) is 11.7 Å². The number of amides is 1. The van der Waals surface area contributed by atoms with Gasteiger partial charge in [-0.15, -0.1) is 0 Å². The fourth-order valence-corrected chi connectivity index (χ4v) is 2.94. The molecule has 1 aliphatic heterocycles. The summed E-state index contributed by atoms with van der Waals surface area (Å²) in [5, 5.41) is 2.65. The highest BCUT2D eigenvalue weighted by Gasteiger charge is 2.31. The largest absolute Gasteiger partial charge is 0.399 e. The Hall–Kier alpha value is -1.62. The van der Waals surface area contributed by atoms with E-state index in [4.69, 9.17) is 5.73 Å². The van der Waals surface area contributed by atoms with E-state index in [1.807, 2.05) is 6.92 Å². The van der Waals surface area contributed by atoms with Gasteiger partial charge in [0.05, 0.1) is 11.7 Å². The normalized spacial score (nSPS) is 24.6. The van der Waals surface area contributed by atoms with Gasteiger partial charge in [-0.2, -0.15) is 0 Å². The zero-order valence-corrected chi connectivity index (χ0v) is 12.9. The molecule has 1 saturated heterocycles. The molecule has 21 heavy (non-hydrogen) atoms. The minimum Gasteiger partial charge on any atom is -0.399 e. The predicted molar refractivity (Wildman–Crippen MR) is 83.5 cm³/mol. The maximum Gasteiger partial charge on any atom is 0.241 e. The third-order valence-corrected chi connectivity index (χ3v) is 4.55. The zero-order valence-electron chi connectivity index (χ0n) is 12.9. The van der Waals surface area contributed by atoms with Gasteiger partial charge in [0.1, 0.15) is 5.82 Å². The van der Waals surface area contributed by atoms with Crippen LogP contribution in [0.15, 0.2) is 18.2 Å². The average Bonchev–Trinajstić information content (AvgIpc) is 2.45. The molecule has 1 amide bonds. The van der Waals surface area contributed by atoms with E-state index < -0.39 is 5.82 Å². The molecule has 4 nitrogen and oxygen atoms in total. The SMILES string of the molecule is CC1CCCN(C(C)C(=O)Nc2cc(N)ccc2F)C1C. The molecule has 0 saturated carbocycles. The Labute approximate surface area is 125 Å². The first-order valence-electron chi connectivity index (χ1n) is 7.51. The maximum absolute atomic E-state index is 13.7. The summed E-state index contributed by atoms with van der Waals surface area (Å²) < 4.78 is 13.7. The highest BCUT2D eigenvalue weighted by Crippen LogP contribution is 2.25. The molecule has 2 rings (SSSR count). The lowest BCUT2D eigenvalue weighted by atomic mass is 9.91. The summed E-state index contributed by atoms with van der Waals surface area (Å²) in [5.41, 5.74) is 6.21. The summed E-state index contributed by atoms with van der Waals surface area (Å²) in [6, 6.07) is 4.25. The third kappa shape index (κ3) is 3.53. The van der Waals surface area contributed by atoms with Crippen molar-refractivity contribution in [3.8, 4) is 0 Å². The second-order valence-corrected chi connectivity index (χ2v) is 6.00. The van der Waals surface area contributed by atoms with E-state index in [2.05, 4.69) is 24.1 Å². The number of rotatable bonds is 3. The molecular formula is C16H24FN3O. The quantitative estimate of drug-likeness (QED) is 0.843. The number of nitrogen functional groups attached to an aromatic ring is 1. The molecule has 0 spiro atoms. The van der Waals surface area contributed by atoms with E-state index in [0.717, 1.165) is 13.0 Å². The molecule has 1 aliphatic rings. The monoisotopic (exact) mass is 293 g/mol. The van der Waals surface area contributed by atoms with Crippen molar-refractivity contribution in [2.75, 3.05) is 17.6 Å². The summed E-state index contributed by atoms with van der Waals surface area (Å²) in [6.07, 6.45) is 2.28. The second kappa shape index (κ2) is 6.43. The number of hydrogen-bond donors (Lipinski definition) is 2. The fourth-order valence-electron chi connectivity index (χ4n) is 2.94. The molecule has 0 radical (unpaired) electrons. The van der Waals surface area contributed by atoms with E-state index in [0.29, 0.717) is 17.6 Å². The van der Waals surface area contributed by atoms with E-state index in [9.17, 15) is 9.18 Å². The molecule has 1 aromatic rings. The number of likely N-dealkylation sites (tertiary alicyclic amines) is 1. The predicted octanol–water partition coefficient (Wildman–Crippen LogP) is 2.86. The Bertz CT molecular complexity index is 520.